The van der Waals surface area contributed by atoms with Gasteiger partial charge in [0.05, 0.1) is 18.6 Å². The highest BCUT2D eigenvalue weighted by Gasteiger charge is 2.38. The van der Waals surface area contributed by atoms with Gasteiger partial charge in [0.25, 0.3) is 0 Å². The van der Waals surface area contributed by atoms with Crippen molar-refractivity contribution in [2.24, 2.45) is 0 Å². The predicted molar refractivity (Wildman–Crippen MR) is 52.8 cm³/mol. The number of rotatable bonds is 2. The molecule has 70 valence electrons. The summed E-state index contributed by atoms with van der Waals surface area (Å²) < 4.78 is 17.8. The lowest BCUT2D eigenvalue weighted by Crippen LogP contribution is -2.48. The highest BCUT2D eigenvalue weighted by Crippen LogP contribution is 2.33. The van der Waals surface area contributed by atoms with Crippen LogP contribution < -0.4 is 0 Å². The van der Waals surface area contributed by atoms with Gasteiger partial charge in [0.15, 0.2) is 0 Å². The molecule has 13 heavy (non-hydrogen) atoms. The Morgan fingerprint density at radius 2 is 1.92 bits per heavy atom. The molecule has 0 atom stereocenters. The molecule has 1 aliphatic rings. The van der Waals surface area contributed by atoms with Crippen LogP contribution in [-0.4, -0.2) is 19.0 Å². The molecule has 2 rings (SSSR count). The van der Waals surface area contributed by atoms with Gasteiger partial charge in [0, 0.05) is 5.75 Å². The third kappa shape index (κ3) is 1.46. The zero-order valence-electron chi connectivity index (χ0n) is 7.16. The normalized spacial score (nSPS) is 19.5. The van der Waals surface area contributed by atoms with Crippen LogP contribution in [-0.2, 0) is 10.2 Å². The summed E-state index contributed by atoms with van der Waals surface area (Å²) in [5.41, 5.74) is 1.15. The van der Waals surface area contributed by atoms with Gasteiger partial charge in [-0.25, -0.2) is 4.39 Å². The summed E-state index contributed by atoms with van der Waals surface area (Å²) in [4.78, 5) is 0. The van der Waals surface area contributed by atoms with E-state index in [1.165, 1.54) is 12.1 Å². The van der Waals surface area contributed by atoms with Crippen molar-refractivity contribution < 1.29 is 9.13 Å². The van der Waals surface area contributed by atoms with Gasteiger partial charge in [-0.05, 0) is 17.7 Å². The molecule has 1 fully saturated rings. The van der Waals surface area contributed by atoms with Crippen LogP contribution in [0.5, 0.6) is 0 Å². The van der Waals surface area contributed by atoms with Gasteiger partial charge in [-0.3, -0.25) is 0 Å². The van der Waals surface area contributed by atoms with Crippen molar-refractivity contribution >= 4 is 12.6 Å². The van der Waals surface area contributed by atoms with Gasteiger partial charge in [0.2, 0.25) is 0 Å². The van der Waals surface area contributed by atoms with Crippen LogP contribution in [0.25, 0.3) is 0 Å². The maximum absolute atomic E-state index is 12.7. The summed E-state index contributed by atoms with van der Waals surface area (Å²) in [6.07, 6.45) is 0. The molecule has 1 heterocycles. The minimum atomic E-state index is -0.196. The molecule has 0 radical (unpaired) electrons. The summed E-state index contributed by atoms with van der Waals surface area (Å²) in [6.45, 7) is 1.39. The van der Waals surface area contributed by atoms with Crippen LogP contribution in [0.3, 0.4) is 0 Å². The van der Waals surface area contributed by atoms with Crippen LogP contribution in [0.15, 0.2) is 24.3 Å². The van der Waals surface area contributed by atoms with Crippen molar-refractivity contribution in [1.29, 1.82) is 0 Å². The third-order valence-electron chi connectivity index (χ3n) is 2.52. The lowest BCUT2D eigenvalue weighted by molar-refractivity contribution is -0.0471. The minimum absolute atomic E-state index is 0.0246. The minimum Gasteiger partial charge on any atom is -0.379 e. The van der Waals surface area contributed by atoms with E-state index in [0.717, 1.165) is 11.3 Å². The largest absolute Gasteiger partial charge is 0.379 e. The Hall–Kier alpha value is -0.540. The van der Waals surface area contributed by atoms with Gasteiger partial charge in [-0.2, -0.15) is 12.6 Å². The highest BCUT2D eigenvalue weighted by atomic mass is 32.1. The van der Waals surface area contributed by atoms with Crippen LogP contribution in [0.4, 0.5) is 4.39 Å². The molecule has 0 spiro atoms. The molecule has 0 bridgehead atoms. The van der Waals surface area contributed by atoms with Crippen LogP contribution in [0.2, 0.25) is 0 Å². The first-order valence-electron chi connectivity index (χ1n) is 4.21. The van der Waals surface area contributed by atoms with Gasteiger partial charge >= 0.3 is 0 Å². The Morgan fingerprint density at radius 3 is 2.31 bits per heavy atom. The lowest BCUT2D eigenvalue weighted by Gasteiger charge is -2.40. The number of hydrogen-bond donors (Lipinski definition) is 1. The zero-order valence-corrected chi connectivity index (χ0v) is 8.06. The average Bonchev–Trinajstić information content (AvgIpc) is 2.07. The van der Waals surface area contributed by atoms with Crippen molar-refractivity contribution in [1.82, 2.24) is 0 Å². The van der Waals surface area contributed by atoms with Crippen molar-refractivity contribution in [3.63, 3.8) is 0 Å². The first kappa shape index (κ1) is 9.03. The Kier molecular flexibility index (Phi) is 2.30. The summed E-state index contributed by atoms with van der Waals surface area (Å²) >= 11 is 4.30. The zero-order chi connectivity index (χ0) is 9.31. The molecule has 0 aliphatic carbocycles. The molecule has 0 saturated carbocycles. The molecule has 1 aliphatic heterocycles. The van der Waals surface area contributed by atoms with Crippen LogP contribution in [0.1, 0.15) is 5.56 Å². The molecule has 0 unspecified atom stereocenters. The number of halogens is 1. The maximum Gasteiger partial charge on any atom is 0.123 e. The molecule has 0 amide bonds. The van der Waals surface area contributed by atoms with Crippen molar-refractivity contribution in [2.45, 2.75) is 5.41 Å². The van der Waals surface area contributed by atoms with Crippen molar-refractivity contribution in [3.8, 4) is 0 Å². The summed E-state index contributed by atoms with van der Waals surface area (Å²) in [7, 11) is 0. The van der Waals surface area contributed by atoms with Gasteiger partial charge in [-0.15, -0.1) is 0 Å². The second kappa shape index (κ2) is 3.31. The van der Waals surface area contributed by atoms with E-state index in [2.05, 4.69) is 12.6 Å². The quantitative estimate of drug-likeness (QED) is 0.715. The first-order chi connectivity index (χ1) is 6.27. The van der Waals surface area contributed by atoms with Crippen LogP contribution in [0, 0.1) is 5.82 Å². The molecular weight excluding hydrogens is 187 g/mol. The van der Waals surface area contributed by atoms with E-state index in [1.54, 1.807) is 0 Å². The SMILES string of the molecule is Fc1ccc(C2(CS)COC2)cc1. The molecule has 3 heteroatoms. The molecule has 1 nitrogen and oxygen atoms in total. The number of ether oxygens (including phenoxy) is 1. The highest BCUT2D eigenvalue weighted by molar-refractivity contribution is 7.80. The summed E-state index contributed by atoms with van der Waals surface area (Å²) in [5, 5.41) is 0. The van der Waals surface area contributed by atoms with E-state index < -0.39 is 0 Å². The van der Waals surface area contributed by atoms with Crippen molar-refractivity contribution in [3.05, 3.63) is 35.6 Å². The van der Waals surface area contributed by atoms with Crippen LogP contribution >= 0.6 is 12.6 Å². The van der Waals surface area contributed by atoms with Gasteiger partial charge < -0.3 is 4.74 Å². The Balaban J connectivity index is 2.28. The molecule has 1 saturated heterocycles. The Morgan fingerprint density at radius 1 is 1.31 bits per heavy atom. The third-order valence-corrected chi connectivity index (χ3v) is 3.12. The topological polar surface area (TPSA) is 9.23 Å². The predicted octanol–water partition coefficient (Wildman–Crippen LogP) is 2.02. The first-order valence-corrected chi connectivity index (χ1v) is 4.85. The lowest BCUT2D eigenvalue weighted by atomic mass is 9.80. The fraction of sp³-hybridized carbons (Fsp3) is 0.400. The standard InChI is InChI=1S/C10H11FOS/c11-9-3-1-8(2-4-9)10(7-13)5-12-6-10/h1-4,13H,5-7H2. The van der Waals surface area contributed by atoms with E-state index in [4.69, 9.17) is 4.74 Å². The number of hydrogen-bond acceptors (Lipinski definition) is 2. The average molecular weight is 198 g/mol. The summed E-state index contributed by atoms with van der Waals surface area (Å²) in [5.74, 6) is 0.553. The monoisotopic (exact) mass is 198 g/mol. The fourth-order valence-corrected chi connectivity index (χ4v) is 1.87. The summed E-state index contributed by atoms with van der Waals surface area (Å²) in [6, 6.07) is 6.60. The van der Waals surface area contributed by atoms with E-state index >= 15 is 0 Å². The Labute approximate surface area is 82.3 Å². The van der Waals surface area contributed by atoms with E-state index in [0.29, 0.717) is 13.2 Å². The molecular formula is C10H11FOS. The number of benzene rings is 1. The van der Waals surface area contributed by atoms with Gasteiger partial charge in [0.1, 0.15) is 5.82 Å². The maximum atomic E-state index is 12.7. The number of thiol groups is 1. The molecule has 0 aromatic heterocycles. The van der Waals surface area contributed by atoms with E-state index in [1.807, 2.05) is 12.1 Å². The van der Waals surface area contributed by atoms with Crippen molar-refractivity contribution in [2.75, 3.05) is 19.0 Å². The molecule has 1 aromatic rings. The van der Waals surface area contributed by atoms with E-state index in [-0.39, 0.29) is 11.2 Å². The fourth-order valence-electron chi connectivity index (χ4n) is 1.50. The molecule has 0 N–H and O–H groups in total. The van der Waals surface area contributed by atoms with Gasteiger partial charge in [-0.1, -0.05) is 12.1 Å². The Bertz CT molecular complexity index is 287. The van der Waals surface area contributed by atoms with E-state index in [9.17, 15) is 4.39 Å². The molecule has 1 aromatic carbocycles. The second-order valence-electron chi connectivity index (χ2n) is 3.44. The smallest absolute Gasteiger partial charge is 0.123 e. The second-order valence-corrected chi connectivity index (χ2v) is 3.75.